The van der Waals surface area contributed by atoms with Gasteiger partial charge in [-0.25, -0.2) is 0 Å². The first-order chi connectivity index (χ1) is 14.8. The Morgan fingerprint density at radius 3 is 2.87 bits per heavy atom. The van der Waals surface area contributed by atoms with Crippen LogP contribution in [0.2, 0.25) is 0 Å². The smallest absolute Gasteiger partial charge is 0.128 e. The molecular formula is C25H27N3O2. The van der Waals surface area contributed by atoms with Crippen molar-refractivity contribution in [3.05, 3.63) is 72.6 Å². The summed E-state index contributed by atoms with van der Waals surface area (Å²) in [6.07, 6.45) is 6.16. The predicted molar refractivity (Wildman–Crippen MR) is 120 cm³/mol. The minimum absolute atomic E-state index is 0.467. The van der Waals surface area contributed by atoms with Crippen LogP contribution in [0.5, 0.6) is 5.75 Å². The lowest BCUT2D eigenvalue weighted by Gasteiger charge is -2.35. The number of hydrogen-bond donors (Lipinski definition) is 2. The number of H-pyrrole nitrogens is 1. The van der Waals surface area contributed by atoms with Crippen LogP contribution in [-0.4, -0.2) is 45.9 Å². The van der Waals surface area contributed by atoms with E-state index in [1.54, 1.807) is 0 Å². The molecule has 0 aliphatic carbocycles. The molecule has 2 aromatic heterocycles. The van der Waals surface area contributed by atoms with Gasteiger partial charge in [0.2, 0.25) is 0 Å². The number of rotatable bonds is 6. The van der Waals surface area contributed by atoms with Crippen LogP contribution >= 0.6 is 0 Å². The molecule has 1 atom stereocenters. The van der Waals surface area contributed by atoms with Gasteiger partial charge < -0.3 is 14.8 Å². The molecule has 0 saturated carbocycles. The third-order valence-electron chi connectivity index (χ3n) is 6.22. The molecule has 1 fully saturated rings. The summed E-state index contributed by atoms with van der Waals surface area (Å²) >= 11 is 0. The Morgan fingerprint density at radius 1 is 1.10 bits per heavy atom. The Bertz CT molecular complexity index is 1130. The Balaban J connectivity index is 1.14. The van der Waals surface area contributed by atoms with E-state index < -0.39 is 6.23 Å². The Kier molecular flexibility index (Phi) is 5.39. The first-order valence-electron chi connectivity index (χ1n) is 10.7. The molecule has 0 bridgehead atoms. The van der Waals surface area contributed by atoms with Crippen molar-refractivity contribution in [1.29, 1.82) is 0 Å². The van der Waals surface area contributed by atoms with Crippen LogP contribution in [-0.2, 0) is 0 Å². The molecule has 154 valence electrons. The number of nitrogens with zero attached hydrogens (tertiary/aromatic N) is 2. The van der Waals surface area contributed by atoms with E-state index in [2.05, 4.69) is 39.1 Å². The second-order valence-electron chi connectivity index (χ2n) is 8.08. The van der Waals surface area contributed by atoms with E-state index in [0.717, 1.165) is 48.1 Å². The number of likely N-dealkylation sites (tertiary alicyclic amines) is 1. The monoisotopic (exact) mass is 401 g/mol. The van der Waals surface area contributed by atoms with E-state index in [1.165, 1.54) is 10.9 Å². The normalized spacial score (nSPS) is 16.8. The van der Waals surface area contributed by atoms with Crippen LogP contribution < -0.4 is 4.74 Å². The summed E-state index contributed by atoms with van der Waals surface area (Å²) in [7, 11) is 0. The highest BCUT2D eigenvalue weighted by Crippen LogP contribution is 2.30. The third-order valence-corrected chi connectivity index (χ3v) is 6.22. The first kappa shape index (κ1) is 19.1. The summed E-state index contributed by atoms with van der Waals surface area (Å²) in [5.74, 6) is 1.37. The molecule has 2 N–H and O–H groups in total. The van der Waals surface area contributed by atoms with Gasteiger partial charge in [0.05, 0.1) is 12.1 Å². The molecule has 30 heavy (non-hydrogen) atoms. The fraction of sp³-hybridized carbons (Fsp3) is 0.320. The van der Waals surface area contributed by atoms with Crippen molar-refractivity contribution in [2.45, 2.75) is 31.4 Å². The van der Waals surface area contributed by atoms with E-state index >= 15 is 0 Å². The SMILES string of the molecule is OC(CCOc1cccc2[nH]ccc12)N1CCC(c2cnc3ccccc3c2)CC1. The van der Waals surface area contributed by atoms with Crippen LogP contribution in [0.1, 0.15) is 30.7 Å². The molecule has 2 aromatic carbocycles. The largest absolute Gasteiger partial charge is 0.493 e. The standard InChI is InChI=1S/C25H27N3O2/c29-25(11-15-30-24-7-3-6-23-21(24)8-12-26-23)28-13-9-18(10-14-28)20-16-19-4-1-2-5-22(19)27-17-20/h1-8,12,16-18,25-26,29H,9-11,13-15H2. The topological polar surface area (TPSA) is 61.4 Å². The molecule has 0 amide bonds. The van der Waals surface area contributed by atoms with Gasteiger partial charge in [0.25, 0.3) is 0 Å². The van der Waals surface area contributed by atoms with Crippen LogP contribution in [0.3, 0.4) is 0 Å². The Labute approximate surface area is 176 Å². The Morgan fingerprint density at radius 2 is 1.97 bits per heavy atom. The third kappa shape index (κ3) is 3.91. The van der Waals surface area contributed by atoms with Gasteiger partial charge in [-0.15, -0.1) is 0 Å². The van der Waals surface area contributed by atoms with Gasteiger partial charge in [-0.3, -0.25) is 9.88 Å². The number of aromatic amines is 1. The van der Waals surface area contributed by atoms with Crippen LogP contribution in [0, 0.1) is 0 Å². The van der Waals surface area contributed by atoms with Crippen molar-refractivity contribution >= 4 is 21.8 Å². The van der Waals surface area contributed by atoms with Crippen molar-refractivity contribution in [3.63, 3.8) is 0 Å². The summed E-state index contributed by atoms with van der Waals surface area (Å²) in [6.45, 7) is 2.29. The summed E-state index contributed by atoms with van der Waals surface area (Å²) < 4.78 is 5.96. The number of benzene rings is 2. The number of aliphatic hydroxyl groups is 1. The summed E-state index contributed by atoms with van der Waals surface area (Å²) in [5.41, 5.74) is 3.42. The number of hydrogen-bond acceptors (Lipinski definition) is 4. The molecular weight excluding hydrogens is 374 g/mol. The van der Waals surface area contributed by atoms with Gasteiger partial charge in [-0.2, -0.15) is 0 Å². The van der Waals surface area contributed by atoms with Gasteiger partial charge in [-0.05, 0) is 54.7 Å². The summed E-state index contributed by atoms with van der Waals surface area (Å²) in [6, 6.07) is 18.6. The fourth-order valence-electron chi connectivity index (χ4n) is 4.48. The number of fused-ring (bicyclic) bond motifs is 2. The molecule has 1 aliphatic rings. The number of aromatic nitrogens is 2. The molecule has 3 heterocycles. The van der Waals surface area contributed by atoms with E-state index in [1.807, 2.05) is 42.7 Å². The van der Waals surface area contributed by atoms with Gasteiger partial charge in [0.1, 0.15) is 12.0 Å². The van der Waals surface area contributed by atoms with Gasteiger partial charge >= 0.3 is 0 Å². The highest BCUT2D eigenvalue weighted by Gasteiger charge is 2.25. The minimum atomic E-state index is -0.467. The molecule has 0 spiro atoms. The number of aliphatic hydroxyl groups excluding tert-OH is 1. The maximum atomic E-state index is 10.7. The molecule has 1 unspecified atom stereocenters. The molecule has 5 nitrogen and oxygen atoms in total. The maximum Gasteiger partial charge on any atom is 0.128 e. The van der Waals surface area contributed by atoms with Crippen LogP contribution in [0.25, 0.3) is 21.8 Å². The number of pyridine rings is 1. The number of nitrogens with one attached hydrogen (secondary N) is 1. The van der Waals surface area contributed by atoms with Crippen molar-refractivity contribution in [3.8, 4) is 5.75 Å². The number of ether oxygens (including phenoxy) is 1. The minimum Gasteiger partial charge on any atom is -0.493 e. The average molecular weight is 402 g/mol. The molecule has 5 heteroatoms. The van der Waals surface area contributed by atoms with Crippen molar-refractivity contribution in [2.24, 2.45) is 0 Å². The summed E-state index contributed by atoms with van der Waals surface area (Å²) in [4.78, 5) is 9.98. The van der Waals surface area contributed by atoms with E-state index in [-0.39, 0.29) is 0 Å². The second kappa shape index (κ2) is 8.46. The van der Waals surface area contributed by atoms with Crippen LogP contribution in [0.4, 0.5) is 0 Å². The van der Waals surface area contributed by atoms with Crippen molar-refractivity contribution in [2.75, 3.05) is 19.7 Å². The lowest BCUT2D eigenvalue weighted by Crippen LogP contribution is -2.41. The zero-order chi connectivity index (χ0) is 20.3. The molecule has 0 radical (unpaired) electrons. The lowest BCUT2D eigenvalue weighted by molar-refractivity contribution is -0.0234. The zero-order valence-corrected chi connectivity index (χ0v) is 17.0. The molecule has 1 aliphatic heterocycles. The van der Waals surface area contributed by atoms with Crippen molar-refractivity contribution in [1.82, 2.24) is 14.9 Å². The van der Waals surface area contributed by atoms with E-state index in [4.69, 9.17) is 4.74 Å². The van der Waals surface area contributed by atoms with Crippen LogP contribution in [0.15, 0.2) is 67.0 Å². The van der Waals surface area contributed by atoms with E-state index in [9.17, 15) is 5.11 Å². The second-order valence-corrected chi connectivity index (χ2v) is 8.08. The van der Waals surface area contributed by atoms with Crippen molar-refractivity contribution < 1.29 is 9.84 Å². The van der Waals surface area contributed by atoms with Gasteiger partial charge in [-0.1, -0.05) is 24.3 Å². The lowest BCUT2D eigenvalue weighted by atomic mass is 9.89. The zero-order valence-electron chi connectivity index (χ0n) is 17.0. The highest BCUT2D eigenvalue weighted by atomic mass is 16.5. The van der Waals surface area contributed by atoms with Gasteiger partial charge in [0, 0.05) is 48.2 Å². The maximum absolute atomic E-state index is 10.7. The predicted octanol–water partition coefficient (Wildman–Crippen LogP) is 4.68. The number of para-hydroxylation sites is 1. The highest BCUT2D eigenvalue weighted by molar-refractivity contribution is 5.85. The molecule has 4 aromatic rings. The first-order valence-corrected chi connectivity index (χ1v) is 10.7. The number of piperidine rings is 1. The summed E-state index contributed by atoms with van der Waals surface area (Å²) in [5, 5.41) is 12.9. The quantitative estimate of drug-likeness (QED) is 0.492. The van der Waals surface area contributed by atoms with E-state index in [0.29, 0.717) is 18.9 Å². The average Bonchev–Trinajstić information content (AvgIpc) is 3.29. The van der Waals surface area contributed by atoms with Gasteiger partial charge in [0.15, 0.2) is 0 Å². The molecule has 5 rings (SSSR count). The Hall–Kier alpha value is -2.89. The fourth-order valence-corrected chi connectivity index (χ4v) is 4.48. The molecule has 1 saturated heterocycles.